The maximum Gasteiger partial charge on any atom is 0.128 e. The SMILES string of the molecule is Cc1ncccc1C(C=O)CCl. The van der Waals surface area contributed by atoms with Gasteiger partial charge in [0.15, 0.2) is 0 Å². The van der Waals surface area contributed by atoms with E-state index in [-0.39, 0.29) is 5.92 Å². The Morgan fingerprint density at radius 3 is 3.00 bits per heavy atom. The van der Waals surface area contributed by atoms with E-state index in [1.807, 2.05) is 19.1 Å². The average molecular weight is 184 g/mol. The molecule has 1 rings (SSSR count). The van der Waals surface area contributed by atoms with E-state index >= 15 is 0 Å². The van der Waals surface area contributed by atoms with Crippen LogP contribution in [-0.2, 0) is 4.79 Å². The fraction of sp³-hybridized carbons (Fsp3) is 0.333. The maximum absolute atomic E-state index is 10.6. The van der Waals surface area contributed by atoms with Gasteiger partial charge in [0, 0.05) is 17.8 Å². The molecule has 3 heteroatoms. The summed E-state index contributed by atoms with van der Waals surface area (Å²) in [5.41, 5.74) is 1.79. The van der Waals surface area contributed by atoms with Gasteiger partial charge in [-0.3, -0.25) is 4.98 Å². The zero-order valence-corrected chi connectivity index (χ0v) is 7.58. The van der Waals surface area contributed by atoms with E-state index in [0.29, 0.717) is 5.88 Å². The van der Waals surface area contributed by atoms with Gasteiger partial charge in [0.1, 0.15) is 6.29 Å². The van der Waals surface area contributed by atoms with Crippen LogP contribution >= 0.6 is 11.6 Å². The minimum Gasteiger partial charge on any atom is -0.303 e. The molecule has 12 heavy (non-hydrogen) atoms. The van der Waals surface area contributed by atoms with Crippen molar-refractivity contribution in [2.75, 3.05) is 5.88 Å². The van der Waals surface area contributed by atoms with Crippen LogP contribution in [0.25, 0.3) is 0 Å². The lowest BCUT2D eigenvalue weighted by atomic mass is 10.0. The summed E-state index contributed by atoms with van der Waals surface area (Å²) < 4.78 is 0. The Hall–Kier alpha value is -0.890. The molecule has 1 heterocycles. The zero-order chi connectivity index (χ0) is 8.97. The second-order valence-corrected chi connectivity index (χ2v) is 2.88. The predicted molar refractivity (Wildman–Crippen MR) is 48.5 cm³/mol. The van der Waals surface area contributed by atoms with Crippen molar-refractivity contribution in [3.05, 3.63) is 29.6 Å². The first-order chi connectivity index (χ1) is 5.79. The van der Waals surface area contributed by atoms with Crippen LogP contribution in [0.4, 0.5) is 0 Å². The summed E-state index contributed by atoms with van der Waals surface area (Å²) in [6.45, 7) is 1.87. The molecule has 0 saturated carbocycles. The second kappa shape index (κ2) is 4.21. The number of nitrogens with zero attached hydrogens (tertiary/aromatic N) is 1. The third-order valence-electron chi connectivity index (χ3n) is 1.78. The molecule has 1 aromatic rings. The molecule has 1 unspecified atom stereocenters. The Morgan fingerprint density at radius 2 is 2.50 bits per heavy atom. The predicted octanol–water partition coefficient (Wildman–Crippen LogP) is 1.91. The molecular weight excluding hydrogens is 174 g/mol. The van der Waals surface area contributed by atoms with Gasteiger partial charge in [0.05, 0.1) is 5.92 Å². The van der Waals surface area contributed by atoms with Crippen LogP contribution in [-0.4, -0.2) is 17.2 Å². The van der Waals surface area contributed by atoms with Crippen molar-refractivity contribution in [2.24, 2.45) is 0 Å². The molecular formula is C9H10ClNO. The minimum absolute atomic E-state index is 0.222. The molecule has 0 amide bonds. The lowest BCUT2D eigenvalue weighted by Gasteiger charge is -2.08. The second-order valence-electron chi connectivity index (χ2n) is 2.57. The number of carbonyl (C=O) groups is 1. The van der Waals surface area contributed by atoms with Gasteiger partial charge >= 0.3 is 0 Å². The Labute approximate surface area is 76.6 Å². The van der Waals surface area contributed by atoms with Crippen molar-refractivity contribution in [2.45, 2.75) is 12.8 Å². The highest BCUT2D eigenvalue weighted by Gasteiger charge is 2.10. The molecule has 1 atom stereocenters. The molecule has 0 aromatic carbocycles. The van der Waals surface area contributed by atoms with Crippen molar-refractivity contribution >= 4 is 17.9 Å². The van der Waals surface area contributed by atoms with Crippen LogP contribution < -0.4 is 0 Å². The summed E-state index contributed by atoms with van der Waals surface area (Å²) in [5.74, 6) is 0.0936. The standard InChI is InChI=1S/C9H10ClNO/c1-7-9(3-2-4-11-7)8(5-10)6-12/h2-4,6,8H,5H2,1H3. The van der Waals surface area contributed by atoms with Gasteiger partial charge in [0.2, 0.25) is 0 Å². The van der Waals surface area contributed by atoms with Gasteiger partial charge in [-0.05, 0) is 18.6 Å². The normalized spacial score (nSPS) is 12.5. The molecule has 64 valence electrons. The van der Waals surface area contributed by atoms with Crippen LogP contribution in [0.5, 0.6) is 0 Å². The van der Waals surface area contributed by atoms with Gasteiger partial charge in [-0.15, -0.1) is 11.6 Å². The van der Waals surface area contributed by atoms with Gasteiger partial charge < -0.3 is 4.79 Å². The molecule has 0 N–H and O–H groups in total. The number of hydrogen-bond acceptors (Lipinski definition) is 2. The van der Waals surface area contributed by atoms with Gasteiger partial charge in [0.25, 0.3) is 0 Å². The number of aromatic nitrogens is 1. The summed E-state index contributed by atoms with van der Waals surface area (Å²) >= 11 is 5.62. The van der Waals surface area contributed by atoms with E-state index in [1.54, 1.807) is 6.20 Å². The van der Waals surface area contributed by atoms with Gasteiger partial charge in [-0.2, -0.15) is 0 Å². The third kappa shape index (κ3) is 1.83. The quantitative estimate of drug-likeness (QED) is 0.529. The number of carbonyl (C=O) groups excluding carboxylic acids is 1. The lowest BCUT2D eigenvalue weighted by Crippen LogP contribution is -2.04. The number of hydrogen-bond donors (Lipinski definition) is 0. The summed E-state index contributed by atoms with van der Waals surface area (Å²) in [5, 5.41) is 0. The first-order valence-corrected chi connectivity index (χ1v) is 4.25. The Morgan fingerprint density at radius 1 is 1.75 bits per heavy atom. The molecule has 0 aliphatic carbocycles. The molecule has 0 aliphatic rings. The van der Waals surface area contributed by atoms with Crippen molar-refractivity contribution in [1.82, 2.24) is 4.98 Å². The molecule has 0 aliphatic heterocycles. The fourth-order valence-electron chi connectivity index (χ4n) is 1.08. The van der Waals surface area contributed by atoms with Crippen molar-refractivity contribution in [1.29, 1.82) is 0 Å². The van der Waals surface area contributed by atoms with E-state index in [4.69, 9.17) is 11.6 Å². The molecule has 0 fully saturated rings. The van der Waals surface area contributed by atoms with Crippen LogP contribution in [0.3, 0.4) is 0 Å². The number of aryl methyl sites for hydroxylation is 1. The molecule has 2 nitrogen and oxygen atoms in total. The van der Waals surface area contributed by atoms with Crippen LogP contribution in [0.1, 0.15) is 17.2 Å². The number of alkyl halides is 1. The van der Waals surface area contributed by atoms with Gasteiger partial charge in [-0.25, -0.2) is 0 Å². The van der Waals surface area contributed by atoms with E-state index in [0.717, 1.165) is 17.5 Å². The van der Waals surface area contributed by atoms with Gasteiger partial charge in [-0.1, -0.05) is 6.07 Å². The van der Waals surface area contributed by atoms with Crippen molar-refractivity contribution in [3.63, 3.8) is 0 Å². The van der Waals surface area contributed by atoms with Crippen LogP contribution in [0.15, 0.2) is 18.3 Å². The minimum atomic E-state index is -0.222. The number of aldehydes is 1. The lowest BCUT2D eigenvalue weighted by molar-refractivity contribution is -0.108. The van der Waals surface area contributed by atoms with E-state index in [9.17, 15) is 4.79 Å². The van der Waals surface area contributed by atoms with E-state index in [2.05, 4.69) is 4.98 Å². The van der Waals surface area contributed by atoms with Crippen molar-refractivity contribution < 1.29 is 4.79 Å². The van der Waals surface area contributed by atoms with Crippen LogP contribution in [0, 0.1) is 6.92 Å². The highest BCUT2D eigenvalue weighted by molar-refractivity contribution is 6.19. The Kier molecular flexibility index (Phi) is 3.23. The highest BCUT2D eigenvalue weighted by Crippen LogP contribution is 2.16. The summed E-state index contributed by atoms with van der Waals surface area (Å²) in [6, 6.07) is 3.69. The molecule has 0 saturated heterocycles. The summed E-state index contributed by atoms with van der Waals surface area (Å²) in [7, 11) is 0. The average Bonchev–Trinajstić information content (AvgIpc) is 2.10. The number of halogens is 1. The van der Waals surface area contributed by atoms with Crippen molar-refractivity contribution in [3.8, 4) is 0 Å². The number of rotatable bonds is 3. The highest BCUT2D eigenvalue weighted by atomic mass is 35.5. The smallest absolute Gasteiger partial charge is 0.128 e. The first kappa shape index (κ1) is 9.20. The number of pyridine rings is 1. The molecule has 0 radical (unpaired) electrons. The molecule has 0 bridgehead atoms. The maximum atomic E-state index is 10.6. The summed E-state index contributed by atoms with van der Waals surface area (Å²) in [4.78, 5) is 14.7. The van der Waals surface area contributed by atoms with E-state index in [1.165, 1.54) is 0 Å². The first-order valence-electron chi connectivity index (χ1n) is 3.72. The Balaban J connectivity index is 3.00. The van der Waals surface area contributed by atoms with Crippen LogP contribution in [0.2, 0.25) is 0 Å². The zero-order valence-electron chi connectivity index (χ0n) is 6.83. The molecule has 0 spiro atoms. The molecule has 1 aromatic heterocycles. The summed E-state index contributed by atoms with van der Waals surface area (Å²) in [6.07, 6.45) is 2.56. The monoisotopic (exact) mass is 183 g/mol. The fourth-order valence-corrected chi connectivity index (χ4v) is 1.32. The third-order valence-corrected chi connectivity index (χ3v) is 2.11. The van der Waals surface area contributed by atoms with E-state index < -0.39 is 0 Å². The Bertz CT molecular complexity index is 275. The largest absolute Gasteiger partial charge is 0.303 e. The topological polar surface area (TPSA) is 30.0 Å².